The third-order valence-electron chi connectivity index (χ3n) is 3.68. The second-order valence-electron chi connectivity index (χ2n) is 5.37. The van der Waals surface area contributed by atoms with Crippen LogP contribution in [0.3, 0.4) is 0 Å². The smallest absolute Gasteiger partial charge is 0.338 e. The predicted molar refractivity (Wildman–Crippen MR) is 106 cm³/mol. The van der Waals surface area contributed by atoms with Crippen LogP contribution < -0.4 is 15.4 Å². The van der Waals surface area contributed by atoms with Gasteiger partial charge in [0, 0.05) is 17.0 Å². The Kier molecular flexibility index (Phi) is 7.58. The number of thiocarbonyl (C=S) groups is 1. The SMILES string of the molecule is CCOc1ccccc1[C@H]1NC(=S)NC(C)=C1C(=O)OCCSCC. The summed E-state index contributed by atoms with van der Waals surface area (Å²) in [5.41, 5.74) is 2.10. The van der Waals surface area contributed by atoms with Gasteiger partial charge in [-0.15, -0.1) is 0 Å². The molecule has 1 aliphatic heterocycles. The van der Waals surface area contributed by atoms with Crippen molar-refractivity contribution in [1.29, 1.82) is 0 Å². The molecule has 1 aromatic rings. The zero-order valence-corrected chi connectivity index (χ0v) is 16.4. The normalized spacial score (nSPS) is 16.9. The van der Waals surface area contributed by atoms with Crippen molar-refractivity contribution in [2.24, 2.45) is 0 Å². The van der Waals surface area contributed by atoms with Crippen molar-refractivity contribution < 1.29 is 14.3 Å². The van der Waals surface area contributed by atoms with Crippen LogP contribution in [0.1, 0.15) is 32.4 Å². The first-order chi connectivity index (χ1) is 12.1. The average molecular weight is 381 g/mol. The molecule has 2 N–H and O–H groups in total. The van der Waals surface area contributed by atoms with Gasteiger partial charge in [-0.3, -0.25) is 0 Å². The van der Waals surface area contributed by atoms with Crippen LogP contribution in [0.25, 0.3) is 0 Å². The van der Waals surface area contributed by atoms with Gasteiger partial charge in [-0.05, 0) is 37.9 Å². The predicted octanol–water partition coefficient (Wildman–Crippen LogP) is 3.17. The second-order valence-corrected chi connectivity index (χ2v) is 7.18. The molecule has 0 saturated carbocycles. The van der Waals surface area contributed by atoms with Gasteiger partial charge in [-0.25, -0.2) is 4.79 Å². The zero-order chi connectivity index (χ0) is 18.2. The van der Waals surface area contributed by atoms with Gasteiger partial charge in [0.05, 0.1) is 18.2 Å². The molecule has 0 aliphatic carbocycles. The Bertz CT molecular complexity index is 661. The van der Waals surface area contributed by atoms with E-state index in [0.29, 0.717) is 29.6 Å². The van der Waals surface area contributed by atoms with Crippen molar-refractivity contribution in [1.82, 2.24) is 10.6 Å². The number of nitrogens with one attached hydrogen (secondary N) is 2. The minimum Gasteiger partial charge on any atom is -0.494 e. The highest BCUT2D eigenvalue weighted by atomic mass is 32.2. The molecule has 0 spiro atoms. The fourth-order valence-electron chi connectivity index (χ4n) is 2.62. The van der Waals surface area contributed by atoms with E-state index in [4.69, 9.17) is 21.7 Å². The molecule has 1 aromatic carbocycles. The zero-order valence-electron chi connectivity index (χ0n) is 14.8. The van der Waals surface area contributed by atoms with E-state index in [1.165, 1.54) is 0 Å². The molecule has 0 bridgehead atoms. The van der Waals surface area contributed by atoms with Crippen LogP contribution in [-0.2, 0) is 9.53 Å². The fourth-order valence-corrected chi connectivity index (χ4v) is 3.38. The van der Waals surface area contributed by atoms with E-state index >= 15 is 0 Å². The Morgan fingerprint density at radius 3 is 2.80 bits per heavy atom. The lowest BCUT2D eigenvalue weighted by molar-refractivity contribution is -0.138. The van der Waals surface area contributed by atoms with Gasteiger partial charge in [0.15, 0.2) is 5.11 Å². The summed E-state index contributed by atoms with van der Waals surface area (Å²) in [6.07, 6.45) is 0. The lowest BCUT2D eigenvalue weighted by Crippen LogP contribution is -2.45. The van der Waals surface area contributed by atoms with Crippen LogP contribution >= 0.6 is 24.0 Å². The largest absolute Gasteiger partial charge is 0.494 e. The molecular weight excluding hydrogens is 356 g/mol. The molecule has 5 nitrogen and oxygen atoms in total. The minimum atomic E-state index is -0.400. The van der Waals surface area contributed by atoms with Crippen LogP contribution in [0, 0.1) is 0 Å². The Morgan fingerprint density at radius 1 is 1.32 bits per heavy atom. The van der Waals surface area contributed by atoms with Crippen LogP contribution in [-0.4, -0.2) is 35.8 Å². The summed E-state index contributed by atoms with van der Waals surface area (Å²) in [5.74, 6) is 2.18. The quantitative estimate of drug-likeness (QED) is 0.408. The van der Waals surface area contributed by atoms with Crippen LogP contribution in [0.2, 0.25) is 0 Å². The van der Waals surface area contributed by atoms with Gasteiger partial charge >= 0.3 is 5.97 Å². The third kappa shape index (κ3) is 5.12. The van der Waals surface area contributed by atoms with E-state index < -0.39 is 6.04 Å². The number of ether oxygens (including phenoxy) is 2. The first-order valence-corrected chi connectivity index (χ1v) is 9.89. The van der Waals surface area contributed by atoms with E-state index in [1.807, 2.05) is 38.1 Å². The summed E-state index contributed by atoms with van der Waals surface area (Å²) < 4.78 is 11.2. The van der Waals surface area contributed by atoms with E-state index in [2.05, 4.69) is 17.6 Å². The average Bonchev–Trinajstić information content (AvgIpc) is 2.58. The summed E-state index contributed by atoms with van der Waals surface area (Å²) >= 11 is 7.02. The number of rotatable bonds is 8. The summed E-state index contributed by atoms with van der Waals surface area (Å²) in [6.45, 7) is 6.77. The molecule has 25 heavy (non-hydrogen) atoms. The Balaban J connectivity index is 2.29. The number of allylic oxidation sites excluding steroid dienone is 1. The fraction of sp³-hybridized carbons (Fsp3) is 0.444. The van der Waals surface area contributed by atoms with Crippen molar-refractivity contribution in [3.8, 4) is 5.75 Å². The molecule has 0 radical (unpaired) electrons. The number of para-hydroxylation sites is 1. The number of esters is 1. The van der Waals surface area contributed by atoms with E-state index in [0.717, 1.165) is 22.8 Å². The number of benzene rings is 1. The van der Waals surface area contributed by atoms with Gasteiger partial charge < -0.3 is 20.1 Å². The molecule has 1 atom stereocenters. The molecular formula is C18H24N2O3S2. The number of carbonyl (C=O) groups is 1. The van der Waals surface area contributed by atoms with Gasteiger partial charge in [0.25, 0.3) is 0 Å². The van der Waals surface area contributed by atoms with Crippen LogP contribution in [0.4, 0.5) is 0 Å². The van der Waals surface area contributed by atoms with E-state index in [9.17, 15) is 4.79 Å². The molecule has 7 heteroatoms. The number of carbonyl (C=O) groups excluding carboxylic acids is 1. The van der Waals surface area contributed by atoms with E-state index in [1.54, 1.807) is 11.8 Å². The van der Waals surface area contributed by atoms with Gasteiger partial charge in [-0.1, -0.05) is 25.1 Å². The molecule has 0 unspecified atom stereocenters. The Morgan fingerprint density at radius 2 is 2.08 bits per heavy atom. The first kappa shape index (κ1) is 19.6. The molecule has 2 rings (SSSR count). The van der Waals surface area contributed by atoms with E-state index in [-0.39, 0.29) is 5.97 Å². The Labute approximate surface area is 158 Å². The van der Waals surface area contributed by atoms with Crippen molar-refractivity contribution >= 4 is 35.1 Å². The van der Waals surface area contributed by atoms with Crippen LogP contribution in [0.15, 0.2) is 35.5 Å². The maximum Gasteiger partial charge on any atom is 0.338 e. The molecule has 1 heterocycles. The Hall–Kier alpha value is -1.73. The van der Waals surface area contributed by atoms with Gasteiger partial charge in [0.2, 0.25) is 0 Å². The summed E-state index contributed by atoms with van der Waals surface area (Å²) in [5, 5.41) is 6.67. The number of hydrogen-bond donors (Lipinski definition) is 2. The van der Waals surface area contributed by atoms with Crippen molar-refractivity contribution in [3.05, 3.63) is 41.1 Å². The highest BCUT2D eigenvalue weighted by Gasteiger charge is 2.32. The monoisotopic (exact) mass is 380 g/mol. The molecule has 1 aliphatic rings. The van der Waals surface area contributed by atoms with Gasteiger partial charge in [0.1, 0.15) is 12.4 Å². The highest BCUT2D eigenvalue weighted by Crippen LogP contribution is 2.33. The number of thioether (sulfide) groups is 1. The molecule has 136 valence electrons. The summed E-state index contributed by atoms with van der Waals surface area (Å²) in [7, 11) is 0. The van der Waals surface area contributed by atoms with Crippen molar-refractivity contribution in [3.63, 3.8) is 0 Å². The molecule has 0 amide bonds. The van der Waals surface area contributed by atoms with Crippen LogP contribution in [0.5, 0.6) is 5.75 Å². The standard InChI is InChI=1S/C18H24N2O3S2/c1-4-22-14-9-7-6-8-13(14)16-15(12(3)19-18(24)20-16)17(21)23-10-11-25-5-2/h6-9,16H,4-5,10-11H2,1-3H3,(H2,19,20,24)/t16-/m1/s1. The second kappa shape index (κ2) is 9.68. The molecule has 0 aromatic heterocycles. The topological polar surface area (TPSA) is 59.6 Å². The maximum absolute atomic E-state index is 12.7. The lowest BCUT2D eigenvalue weighted by atomic mass is 9.95. The lowest BCUT2D eigenvalue weighted by Gasteiger charge is -2.30. The number of hydrogen-bond acceptors (Lipinski definition) is 5. The van der Waals surface area contributed by atoms with Crippen molar-refractivity contribution in [2.75, 3.05) is 24.7 Å². The third-order valence-corrected chi connectivity index (χ3v) is 4.77. The molecule has 0 fully saturated rings. The summed E-state index contributed by atoms with van der Waals surface area (Å²) in [6, 6.07) is 7.25. The van der Waals surface area contributed by atoms with Crippen molar-refractivity contribution in [2.45, 2.75) is 26.8 Å². The molecule has 0 saturated heterocycles. The summed E-state index contributed by atoms with van der Waals surface area (Å²) in [4.78, 5) is 12.7. The highest BCUT2D eigenvalue weighted by molar-refractivity contribution is 7.99. The minimum absolute atomic E-state index is 0.340. The maximum atomic E-state index is 12.7. The first-order valence-electron chi connectivity index (χ1n) is 8.33. The van der Waals surface area contributed by atoms with Gasteiger partial charge in [-0.2, -0.15) is 11.8 Å².